The van der Waals surface area contributed by atoms with Crippen molar-refractivity contribution in [1.82, 2.24) is 9.78 Å². The first-order valence-corrected chi connectivity index (χ1v) is 4.75. The normalized spacial score (nSPS) is 12.7. The number of rotatable bonds is 3. The molecule has 0 saturated carbocycles. The Bertz CT molecular complexity index is 425. The van der Waals surface area contributed by atoms with Gasteiger partial charge in [0.25, 0.3) is 0 Å². The Kier molecular flexibility index (Phi) is 2.78. The molecule has 1 heterocycles. The summed E-state index contributed by atoms with van der Waals surface area (Å²) in [6, 6.07) is 7.99. The molecule has 2 aromatic rings. The SMILES string of the molecule is NC(Cn1cccn1)c1ccccc1F. The Labute approximate surface area is 87.3 Å². The van der Waals surface area contributed by atoms with Crippen LogP contribution < -0.4 is 5.73 Å². The Morgan fingerprint density at radius 2 is 2.13 bits per heavy atom. The van der Waals surface area contributed by atoms with Crippen LogP contribution in [-0.2, 0) is 6.54 Å². The van der Waals surface area contributed by atoms with Gasteiger partial charge in [0.1, 0.15) is 5.82 Å². The third-order valence-electron chi connectivity index (χ3n) is 2.25. The van der Waals surface area contributed by atoms with Crippen LogP contribution in [0.2, 0.25) is 0 Å². The van der Waals surface area contributed by atoms with Gasteiger partial charge >= 0.3 is 0 Å². The third-order valence-corrected chi connectivity index (χ3v) is 2.25. The van der Waals surface area contributed by atoms with Crippen molar-refractivity contribution in [3.8, 4) is 0 Å². The molecule has 1 aromatic carbocycles. The molecular formula is C11H12FN3. The van der Waals surface area contributed by atoms with Gasteiger partial charge in [0, 0.05) is 18.0 Å². The van der Waals surface area contributed by atoms with E-state index < -0.39 is 0 Å². The molecular weight excluding hydrogens is 193 g/mol. The van der Waals surface area contributed by atoms with E-state index in [9.17, 15) is 4.39 Å². The van der Waals surface area contributed by atoms with Crippen LogP contribution in [-0.4, -0.2) is 9.78 Å². The van der Waals surface area contributed by atoms with Gasteiger partial charge in [-0.2, -0.15) is 5.10 Å². The Hall–Kier alpha value is -1.68. The monoisotopic (exact) mass is 205 g/mol. The predicted molar refractivity (Wildman–Crippen MR) is 55.6 cm³/mol. The average Bonchev–Trinajstić information content (AvgIpc) is 2.71. The molecule has 1 aromatic heterocycles. The second kappa shape index (κ2) is 4.23. The van der Waals surface area contributed by atoms with Crippen molar-refractivity contribution < 1.29 is 4.39 Å². The lowest BCUT2D eigenvalue weighted by atomic mass is 10.1. The number of hydrogen-bond acceptors (Lipinski definition) is 2. The minimum Gasteiger partial charge on any atom is -0.322 e. The maximum Gasteiger partial charge on any atom is 0.128 e. The summed E-state index contributed by atoms with van der Waals surface area (Å²) in [4.78, 5) is 0. The summed E-state index contributed by atoms with van der Waals surface area (Å²) in [6.45, 7) is 0.480. The van der Waals surface area contributed by atoms with E-state index in [2.05, 4.69) is 5.10 Å². The van der Waals surface area contributed by atoms with E-state index in [0.717, 1.165) is 0 Å². The molecule has 0 amide bonds. The van der Waals surface area contributed by atoms with Gasteiger partial charge < -0.3 is 5.73 Å². The highest BCUT2D eigenvalue weighted by atomic mass is 19.1. The summed E-state index contributed by atoms with van der Waals surface area (Å²) >= 11 is 0. The average molecular weight is 205 g/mol. The lowest BCUT2D eigenvalue weighted by Gasteiger charge is -2.12. The van der Waals surface area contributed by atoms with Crippen LogP contribution in [0.4, 0.5) is 4.39 Å². The third kappa shape index (κ3) is 2.22. The van der Waals surface area contributed by atoms with E-state index in [-0.39, 0.29) is 11.9 Å². The second-order valence-corrected chi connectivity index (χ2v) is 3.36. The zero-order valence-corrected chi connectivity index (χ0v) is 8.18. The molecule has 3 nitrogen and oxygen atoms in total. The molecule has 15 heavy (non-hydrogen) atoms. The van der Waals surface area contributed by atoms with Gasteiger partial charge in [0.2, 0.25) is 0 Å². The van der Waals surface area contributed by atoms with Crippen LogP contribution in [0, 0.1) is 5.82 Å². The molecule has 0 radical (unpaired) electrons. The van der Waals surface area contributed by atoms with E-state index in [1.807, 2.05) is 6.07 Å². The van der Waals surface area contributed by atoms with Crippen molar-refractivity contribution in [2.45, 2.75) is 12.6 Å². The minimum absolute atomic E-state index is 0.267. The maximum atomic E-state index is 13.4. The van der Waals surface area contributed by atoms with Crippen molar-refractivity contribution >= 4 is 0 Å². The van der Waals surface area contributed by atoms with Gasteiger partial charge in [-0.3, -0.25) is 4.68 Å². The summed E-state index contributed by atoms with van der Waals surface area (Å²) in [7, 11) is 0. The van der Waals surface area contributed by atoms with Crippen LogP contribution in [0.25, 0.3) is 0 Å². The molecule has 2 rings (SSSR count). The smallest absolute Gasteiger partial charge is 0.128 e. The lowest BCUT2D eigenvalue weighted by molar-refractivity contribution is 0.501. The molecule has 2 N–H and O–H groups in total. The van der Waals surface area contributed by atoms with Crippen molar-refractivity contribution in [2.75, 3.05) is 0 Å². The molecule has 1 atom stereocenters. The molecule has 4 heteroatoms. The fourth-order valence-corrected chi connectivity index (χ4v) is 1.48. The zero-order valence-electron chi connectivity index (χ0n) is 8.18. The molecule has 0 aliphatic heterocycles. The minimum atomic E-state index is -0.369. The van der Waals surface area contributed by atoms with E-state index in [1.165, 1.54) is 6.07 Å². The van der Waals surface area contributed by atoms with E-state index >= 15 is 0 Å². The van der Waals surface area contributed by atoms with E-state index in [4.69, 9.17) is 5.73 Å². The summed E-state index contributed by atoms with van der Waals surface area (Å²) in [5, 5.41) is 4.03. The van der Waals surface area contributed by atoms with Gasteiger partial charge in [-0.1, -0.05) is 18.2 Å². The fourth-order valence-electron chi connectivity index (χ4n) is 1.48. The van der Waals surface area contributed by atoms with Crippen LogP contribution in [0.3, 0.4) is 0 Å². The van der Waals surface area contributed by atoms with Crippen LogP contribution in [0.1, 0.15) is 11.6 Å². The first-order chi connectivity index (χ1) is 7.27. The quantitative estimate of drug-likeness (QED) is 0.829. The first-order valence-electron chi connectivity index (χ1n) is 4.75. The van der Waals surface area contributed by atoms with Gasteiger partial charge in [-0.15, -0.1) is 0 Å². The summed E-state index contributed by atoms with van der Waals surface area (Å²) in [5.41, 5.74) is 6.41. The molecule has 0 bridgehead atoms. The highest BCUT2D eigenvalue weighted by Gasteiger charge is 2.10. The molecule has 1 unspecified atom stereocenters. The van der Waals surface area contributed by atoms with E-state index in [0.29, 0.717) is 12.1 Å². The topological polar surface area (TPSA) is 43.8 Å². The summed E-state index contributed by atoms with van der Waals surface area (Å²) in [5.74, 6) is -0.267. The largest absolute Gasteiger partial charge is 0.322 e. The Morgan fingerprint density at radius 3 is 2.80 bits per heavy atom. The van der Waals surface area contributed by atoms with Crippen molar-refractivity contribution in [3.63, 3.8) is 0 Å². The number of nitrogens with zero attached hydrogens (tertiary/aromatic N) is 2. The number of hydrogen-bond donors (Lipinski definition) is 1. The summed E-state index contributed by atoms with van der Waals surface area (Å²) in [6.07, 6.45) is 3.48. The molecule has 0 aliphatic carbocycles. The van der Waals surface area contributed by atoms with Gasteiger partial charge in [-0.05, 0) is 12.1 Å². The highest BCUT2D eigenvalue weighted by Crippen LogP contribution is 2.15. The van der Waals surface area contributed by atoms with Crippen LogP contribution in [0.5, 0.6) is 0 Å². The van der Waals surface area contributed by atoms with Crippen molar-refractivity contribution in [3.05, 3.63) is 54.1 Å². The van der Waals surface area contributed by atoms with Crippen LogP contribution in [0.15, 0.2) is 42.7 Å². The van der Waals surface area contributed by atoms with Crippen molar-refractivity contribution in [2.24, 2.45) is 5.73 Å². The number of aromatic nitrogens is 2. The Morgan fingerprint density at radius 1 is 1.33 bits per heavy atom. The molecule has 0 spiro atoms. The number of benzene rings is 1. The molecule has 0 fully saturated rings. The standard InChI is InChI=1S/C11H12FN3/c12-10-5-2-1-4-9(10)11(13)8-15-7-3-6-14-15/h1-7,11H,8,13H2. The predicted octanol–water partition coefficient (Wildman–Crippen LogP) is 1.72. The second-order valence-electron chi connectivity index (χ2n) is 3.36. The summed E-state index contributed by atoms with van der Waals surface area (Å²) < 4.78 is 15.1. The van der Waals surface area contributed by atoms with Gasteiger partial charge in [-0.25, -0.2) is 4.39 Å². The Balaban J connectivity index is 2.15. The van der Waals surface area contributed by atoms with Gasteiger partial charge in [0.15, 0.2) is 0 Å². The first kappa shape index (κ1) is 9.86. The lowest BCUT2D eigenvalue weighted by Crippen LogP contribution is -2.19. The molecule has 0 saturated heterocycles. The zero-order chi connectivity index (χ0) is 10.7. The molecule has 78 valence electrons. The molecule has 0 aliphatic rings. The number of halogens is 1. The van der Waals surface area contributed by atoms with Crippen LogP contribution >= 0.6 is 0 Å². The maximum absolute atomic E-state index is 13.4. The van der Waals surface area contributed by atoms with Gasteiger partial charge in [0.05, 0.1) is 12.6 Å². The highest BCUT2D eigenvalue weighted by molar-refractivity contribution is 5.20. The fraction of sp³-hybridized carbons (Fsp3) is 0.182. The van der Waals surface area contributed by atoms with Crippen molar-refractivity contribution in [1.29, 1.82) is 0 Å². The van der Waals surface area contributed by atoms with E-state index in [1.54, 1.807) is 35.3 Å². The number of nitrogens with two attached hydrogens (primary N) is 1.